The molecule has 6 saturated carbocycles. The van der Waals surface area contributed by atoms with Gasteiger partial charge in [-0.3, -0.25) is 24.5 Å². The Morgan fingerprint density at radius 3 is 2.34 bits per heavy atom. The van der Waals surface area contributed by atoms with Gasteiger partial charge in [0.25, 0.3) is 0 Å². The number of anilines is 2. The van der Waals surface area contributed by atoms with Gasteiger partial charge in [0.15, 0.2) is 35.9 Å². The molecule has 13 rings (SSSR count). The molecule has 7 aliphatic carbocycles. The molecule has 1 aromatic heterocycles. The molecule has 3 amide bonds. The third-order valence-corrected chi connectivity index (χ3v) is 19.6. The molecule has 2 saturated heterocycles. The van der Waals surface area contributed by atoms with Gasteiger partial charge in [0.05, 0.1) is 24.3 Å². The number of carboxylic acid groups (broad SMARTS) is 1. The van der Waals surface area contributed by atoms with Gasteiger partial charge < -0.3 is 65.0 Å². The Kier molecular flexibility index (Phi) is 15.1. The van der Waals surface area contributed by atoms with E-state index in [1.807, 2.05) is 31.2 Å². The molecule has 448 valence electrons. The van der Waals surface area contributed by atoms with E-state index in [4.69, 9.17) is 23.7 Å². The number of amides is 3. The first-order valence-electron chi connectivity index (χ1n) is 28.7. The molecule has 85 heavy (non-hydrogen) atoms. The number of ketones is 2. The number of nitrogens with zero attached hydrogens (tertiary/aromatic N) is 4. The van der Waals surface area contributed by atoms with Gasteiger partial charge in [-0.15, -0.1) is 20.4 Å². The summed E-state index contributed by atoms with van der Waals surface area (Å²) in [5.41, 5.74) is 1.09. The summed E-state index contributed by atoms with van der Waals surface area (Å²) >= 11 is 0. The largest absolute Gasteiger partial charge is 0.479 e. The van der Waals surface area contributed by atoms with Crippen molar-refractivity contribution in [2.45, 2.75) is 139 Å². The van der Waals surface area contributed by atoms with Crippen LogP contribution in [0.1, 0.15) is 81.9 Å². The lowest BCUT2D eigenvalue weighted by Crippen LogP contribution is -2.69. The minimum atomic E-state index is -1.98. The molecule has 14 atom stereocenters. The number of rotatable bonds is 18. The minimum Gasteiger partial charge on any atom is -0.479 e. The lowest BCUT2D eigenvalue weighted by molar-refractivity contribution is -0.323. The van der Waals surface area contributed by atoms with Crippen LogP contribution >= 0.6 is 0 Å². The van der Waals surface area contributed by atoms with E-state index in [2.05, 4.69) is 43.3 Å². The molecular formula is C61H67N7O17. The fourth-order valence-corrected chi connectivity index (χ4v) is 16.0. The number of hydrogen-bond acceptors (Lipinski definition) is 20. The molecule has 0 radical (unpaired) electrons. The van der Waals surface area contributed by atoms with Crippen molar-refractivity contribution in [2.75, 3.05) is 23.8 Å². The molecule has 2 bridgehead atoms. The van der Waals surface area contributed by atoms with Gasteiger partial charge in [-0.1, -0.05) is 68.0 Å². The lowest BCUT2D eigenvalue weighted by atomic mass is 9.33. The standard InChI is InChI=1S/C61H67N7O17/c1-57-16-14-37(70)21-35(57)11-12-38-39-22-44-61(43(72)25-69,58(39,2)24-41(71)47(38)57)85-55(83-44)60-27-59(28-60,29-60)23-32-4-3-5-36(18-32)65-56(80)81-26-33-8-13-42(82-54-50(77)48(75)49(76)51(84-54)53(78)79)40(19-33)66-45(73)15-17-62-46(74)20-31-6-9-34(10-7-31)52-67-63-30-64-68-52/h3-10,13-14,16,18-19,21,30,38-39,41,44,47-51,54-55,69,71,75-77H,11-12,15,17,20,22-29H2,1-2H3,(H,62,74)(H,65,80)(H,66,73)(H,78,79)/t38-,39-,41-,44+,47+,48-,49-,50+,51-,54+,55-,57-,58-,59?,60?,61+/m0/s1. The molecule has 3 heterocycles. The number of aliphatic hydroxyl groups excluding tert-OH is 5. The number of nitrogens with one attached hydrogen (secondary N) is 3. The highest BCUT2D eigenvalue weighted by molar-refractivity contribution is 6.01. The fraction of sp³-hybridized carbons (Fsp3) is 0.508. The van der Waals surface area contributed by atoms with E-state index in [9.17, 15) is 59.4 Å². The fourth-order valence-electron chi connectivity index (χ4n) is 16.0. The monoisotopic (exact) mass is 1170 g/mol. The van der Waals surface area contributed by atoms with E-state index in [0.29, 0.717) is 47.5 Å². The van der Waals surface area contributed by atoms with Crippen LogP contribution in [-0.2, 0) is 62.4 Å². The zero-order valence-corrected chi connectivity index (χ0v) is 46.7. The Morgan fingerprint density at radius 2 is 1.60 bits per heavy atom. The van der Waals surface area contributed by atoms with Crippen molar-refractivity contribution in [3.63, 3.8) is 0 Å². The number of ether oxygens (including phenoxy) is 5. The summed E-state index contributed by atoms with van der Waals surface area (Å²) < 4.78 is 30.6. The van der Waals surface area contributed by atoms with Crippen molar-refractivity contribution in [1.29, 1.82) is 0 Å². The molecule has 0 unspecified atom stereocenters. The number of allylic oxidation sites excluding steroid dienone is 4. The highest BCUT2D eigenvalue weighted by atomic mass is 16.7. The zero-order valence-electron chi connectivity index (χ0n) is 46.7. The first-order valence-corrected chi connectivity index (χ1v) is 28.7. The Balaban J connectivity index is 0.656. The Labute approximate surface area is 487 Å². The van der Waals surface area contributed by atoms with Gasteiger partial charge in [0.2, 0.25) is 23.9 Å². The molecular weight excluding hydrogens is 1100 g/mol. The van der Waals surface area contributed by atoms with E-state index < -0.39 is 96.0 Å². The number of carbonyl (C=O) groups excluding carboxylic acids is 5. The molecule has 3 aromatic carbocycles. The van der Waals surface area contributed by atoms with Crippen LogP contribution in [0.25, 0.3) is 11.4 Å². The van der Waals surface area contributed by atoms with Crippen molar-refractivity contribution in [3.8, 4) is 17.1 Å². The van der Waals surface area contributed by atoms with E-state index in [-0.39, 0.29) is 77.7 Å². The van der Waals surface area contributed by atoms with Gasteiger partial charge in [0.1, 0.15) is 37.3 Å². The van der Waals surface area contributed by atoms with Crippen LogP contribution in [0.15, 0.2) is 96.9 Å². The van der Waals surface area contributed by atoms with Crippen molar-refractivity contribution in [3.05, 3.63) is 114 Å². The van der Waals surface area contributed by atoms with Gasteiger partial charge in [-0.2, -0.15) is 0 Å². The number of aliphatic hydroxyl groups is 5. The molecule has 2 aliphatic heterocycles. The van der Waals surface area contributed by atoms with E-state index in [0.717, 1.165) is 43.2 Å². The molecule has 24 heteroatoms. The number of hydrogen-bond donors (Lipinski definition) is 9. The predicted octanol–water partition coefficient (Wildman–Crippen LogP) is 3.28. The number of aliphatic carboxylic acids is 1. The smallest absolute Gasteiger partial charge is 0.411 e. The Morgan fingerprint density at radius 1 is 0.847 bits per heavy atom. The second-order valence-electron chi connectivity index (χ2n) is 24.9. The van der Waals surface area contributed by atoms with Gasteiger partial charge >= 0.3 is 12.1 Å². The number of benzene rings is 3. The number of carbonyl (C=O) groups is 6. The highest BCUT2D eigenvalue weighted by Gasteiger charge is 2.80. The van der Waals surface area contributed by atoms with Crippen molar-refractivity contribution < 1.29 is 83.1 Å². The van der Waals surface area contributed by atoms with Crippen LogP contribution < -0.4 is 20.7 Å². The Hall–Kier alpha value is -7.42. The minimum absolute atomic E-state index is 0.00417. The number of carboxylic acids is 1. The lowest BCUT2D eigenvalue weighted by Gasteiger charge is -2.72. The quantitative estimate of drug-likeness (QED) is 0.0690. The number of fused-ring (bicyclic) bond motifs is 7. The summed E-state index contributed by atoms with van der Waals surface area (Å²) in [6.07, 6.45) is -0.747. The maximum Gasteiger partial charge on any atom is 0.411 e. The van der Waals surface area contributed by atoms with Crippen LogP contribution in [0.5, 0.6) is 5.75 Å². The molecule has 24 nitrogen and oxygen atoms in total. The van der Waals surface area contributed by atoms with Gasteiger partial charge in [-0.25, -0.2) is 9.59 Å². The molecule has 9 aliphatic rings. The van der Waals surface area contributed by atoms with Gasteiger partial charge in [-0.05, 0) is 122 Å². The van der Waals surface area contributed by atoms with Crippen molar-refractivity contribution in [1.82, 2.24) is 25.7 Å². The van der Waals surface area contributed by atoms with Gasteiger partial charge in [0, 0.05) is 46.4 Å². The SMILES string of the molecule is C[C@]12C=CC(=O)C=C1CC[C@@H]1[C@@H]2[C@@H](O)C[C@@]2(C)[C@H]1C[C@H]1O[C@H](C34CC(Cc5cccc(NC(=O)OCc6ccc(O[C@@H]7O[C@H](C(=O)O)[C@@H](O)[C@H](O)[C@H]7O)c(NC(=O)CCNC(=O)Cc7ccc(-c8nncnn8)cc7)c6)c5)(C3)C4)O[C@]12C(=O)CO. The maximum absolute atomic E-state index is 14.2. The number of aromatic nitrogens is 4. The second-order valence-corrected chi connectivity index (χ2v) is 24.9. The van der Waals surface area contributed by atoms with Crippen molar-refractivity contribution in [2.24, 2.45) is 39.4 Å². The third kappa shape index (κ3) is 10.3. The first-order chi connectivity index (χ1) is 40.6. The van der Waals surface area contributed by atoms with Crippen LogP contribution in [-0.4, -0.2) is 154 Å². The third-order valence-electron chi connectivity index (χ3n) is 19.6. The zero-order chi connectivity index (χ0) is 59.8. The van der Waals surface area contributed by atoms with E-state index in [1.165, 1.54) is 24.5 Å². The molecule has 0 spiro atoms. The average molecular weight is 1170 g/mol. The van der Waals surface area contributed by atoms with E-state index in [1.54, 1.807) is 42.5 Å². The van der Waals surface area contributed by atoms with E-state index >= 15 is 0 Å². The molecule has 8 fully saturated rings. The Bertz CT molecular complexity index is 3360. The summed E-state index contributed by atoms with van der Waals surface area (Å²) in [6, 6.07) is 18.5. The summed E-state index contributed by atoms with van der Waals surface area (Å²) in [6.45, 7) is 3.06. The summed E-state index contributed by atoms with van der Waals surface area (Å²) in [7, 11) is 0. The summed E-state index contributed by atoms with van der Waals surface area (Å²) in [5, 5.41) is 87.0. The van der Waals surface area contributed by atoms with Crippen LogP contribution in [0.3, 0.4) is 0 Å². The summed E-state index contributed by atoms with van der Waals surface area (Å²) in [5.74, 6) is -2.97. The summed E-state index contributed by atoms with van der Waals surface area (Å²) in [4.78, 5) is 77.9. The highest BCUT2D eigenvalue weighted by Crippen LogP contribution is 2.79. The van der Waals surface area contributed by atoms with Crippen LogP contribution in [0, 0.1) is 39.4 Å². The average Bonchev–Trinajstić information content (AvgIpc) is 1.64. The number of Topliss-reactive ketones (excluding diaryl/α,β-unsaturated/α-hetero) is 1. The first kappa shape index (κ1) is 58.0. The normalized spacial score (nSPS) is 35.5. The second kappa shape index (κ2) is 22.1. The topological polar surface area (TPSA) is 358 Å². The molecule has 9 N–H and O–H groups in total. The predicted molar refractivity (Wildman–Crippen MR) is 295 cm³/mol. The maximum atomic E-state index is 14.2. The van der Waals surface area contributed by atoms with Crippen LogP contribution in [0.2, 0.25) is 0 Å². The van der Waals surface area contributed by atoms with Crippen molar-refractivity contribution >= 4 is 46.8 Å². The van der Waals surface area contributed by atoms with Crippen LogP contribution in [0.4, 0.5) is 16.2 Å². The molecule has 4 aromatic rings.